The molecule has 5 nitrogen and oxygen atoms in total. The van der Waals surface area contributed by atoms with E-state index in [1.165, 1.54) is 0 Å². The molecule has 0 radical (unpaired) electrons. The van der Waals surface area contributed by atoms with Gasteiger partial charge in [0.25, 0.3) is 0 Å². The van der Waals surface area contributed by atoms with Crippen LogP contribution < -0.4 is 10.2 Å². The van der Waals surface area contributed by atoms with Crippen LogP contribution in [0.25, 0.3) is 0 Å². The van der Waals surface area contributed by atoms with Crippen molar-refractivity contribution in [3.8, 4) is 0 Å². The third-order valence-electron chi connectivity index (χ3n) is 2.95. The average Bonchev–Trinajstić information content (AvgIpc) is 2.86. The number of methoxy groups -OCH3 is 2. The van der Waals surface area contributed by atoms with Gasteiger partial charge in [-0.3, -0.25) is 0 Å². The number of hydrogen-bond donors (Lipinski definition) is 1. The first-order valence-electron chi connectivity index (χ1n) is 7.00. The lowest BCUT2D eigenvalue weighted by atomic mass is 10.3. The van der Waals surface area contributed by atoms with E-state index in [2.05, 4.69) is 36.4 Å². The quantitative estimate of drug-likeness (QED) is 0.717. The molecule has 1 heterocycles. The number of nitrogens with zero attached hydrogens (tertiary/aromatic N) is 2. The minimum Gasteiger partial charge on any atom is -0.383 e. The Kier molecular flexibility index (Phi) is 8.06. The monoisotopic (exact) mass is 301 g/mol. The summed E-state index contributed by atoms with van der Waals surface area (Å²) in [5.74, 6) is 0. The second-order valence-corrected chi connectivity index (χ2v) is 5.98. The molecule has 0 amide bonds. The summed E-state index contributed by atoms with van der Waals surface area (Å²) in [4.78, 5) is 6.96. The fourth-order valence-corrected chi connectivity index (χ4v) is 2.80. The molecule has 0 spiro atoms. The number of aromatic nitrogens is 1. The molecule has 1 unspecified atom stereocenters. The summed E-state index contributed by atoms with van der Waals surface area (Å²) in [6.45, 7) is 9.43. The highest BCUT2D eigenvalue weighted by Gasteiger charge is 2.17. The van der Waals surface area contributed by atoms with Gasteiger partial charge in [0.1, 0.15) is 0 Å². The Bertz CT molecular complexity index is 371. The highest BCUT2D eigenvalue weighted by Crippen LogP contribution is 2.22. The number of ether oxygens (including phenoxy) is 2. The molecule has 20 heavy (non-hydrogen) atoms. The van der Waals surface area contributed by atoms with Crippen LogP contribution in [0, 0.1) is 0 Å². The predicted molar refractivity (Wildman–Crippen MR) is 84.6 cm³/mol. The number of rotatable bonds is 10. The Labute approximate surface area is 126 Å². The number of thiazole rings is 1. The van der Waals surface area contributed by atoms with E-state index in [1.807, 2.05) is 0 Å². The van der Waals surface area contributed by atoms with Crippen molar-refractivity contribution in [3.63, 3.8) is 0 Å². The van der Waals surface area contributed by atoms with E-state index < -0.39 is 0 Å². The first-order chi connectivity index (χ1) is 9.58. The minimum atomic E-state index is 0.284. The molecule has 6 heteroatoms. The number of anilines is 1. The normalized spacial score (nSPS) is 12.9. The van der Waals surface area contributed by atoms with Gasteiger partial charge >= 0.3 is 0 Å². The summed E-state index contributed by atoms with van der Waals surface area (Å²) in [7, 11) is 3.45. The molecule has 0 aliphatic carbocycles. The van der Waals surface area contributed by atoms with Crippen LogP contribution in [-0.2, 0) is 16.0 Å². The lowest BCUT2D eigenvalue weighted by molar-refractivity contribution is 0.171. The molecule has 0 saturated carbocycles. The molecule has 0 saturated heterocycles. The third-order valence-corrected chi connectivity index (χ3v) is 3.88. The smallest absolute Gasteiger partial charge is 0.185 e. The second kappa shape index (κ2) is 9.28. The number of nitrogens with one attached hydrogen (secondary N) is 1. The zero-order chi connectivity index (χ0) is 15.0. The predicted octanol–water partition coefficient (Wildman–Crippen LogP) is 2.13. The van der Waals surface area contributed by atoms with Crippen molar-refractivity contribution in [2.24, 2.45) is 0 Å². The van der Waals surface area contributed by atoms with Gasteiger partial charge in [0.15, 0.2) is 5.13 Å². The van der Waals surface area contributed by atoms with Crippen LogP contribution in [0.5, 0.6) is 0 Å². The topological polar surface area (TPSA) is 46.6 Å². The zero-order valence-corrected chi connectivity index (χ0v) is 14.0. The van der Waals surface area contributed by atoms with Crippen molar-refractivity contribution in [1.29, 1.82) is 0 Å². The fraction of sp³-hybridized carbons (Fsp3) is 0.786. The lowest BCUT2D eigenvalue weighted by Gasteiger charge is -2.28. The first kappa shape index (κ1) is 17.4. The maximum Gasteiger partial charge on any atom is 0.185 e. The molecule has 1 atom stereocenters. The molecule has 116 valence electrons. The van der Waals surface area contributed by atoms with Crippen LogP contribution in [-0.4, -0.2) is 51.0 Å². The van der Waals surface area contributed by atoms with Gasteiger partial charge in [-0.1, -0.05) is 13.8 Å². The average molecular weight is 301 g/mol. The van der Waals surface area contributed by atoms with E-state index >= 15 is 0 Å². The van der Waals surface area contributed by atoms with Gasteiger partial charge in [-0.25, -0.2) is 4.98 Å². The summed E-state index contributed by atoms with van der Waals surface area (Å²) >= 11 is 1.68. The molecule has 0 aliphatic heterocycles. The van der Waals surface area contributed by atoms with E-state index in [0.717, 1.165) is 23.9 Å². The van der Waals surface area contributed by atoms with Crippen LogP contribution in [0.2, 0.25) is 0 Å². The van der Waals surface area contributed by atoms with Crippen molar-refractivity contribution in [1.82, 2.24) is 10.3 Å². The second-order valence-electron chi connectivity index (χ2n) is 5.15. The van der Waals surface area contributed by atoms with Crippen molar-refractivity contribution < 1.29 is 9.47 Å². The minimum absolute atomic E-state index is 0.284. The SMILES string of the molecule is COCCN(c1nc(CNC(C)C)cs1)C(C)COC. The van der Waals surface area contributed by atoms with Gasteiger partial charge < -0.3 is 19.7 Å². The largest absolute Gasteiger partial charge is 0.383 e. The molecule has 0 aromatic carbocycles. The Morgan fingerprint density at radius 1 is 1.30 bits per heavy atom. The maximum atomic E-state index is 5.25. The highest BCUT2D eigenvalue weighted by molar-refractivity contribution is 7.13. The van der Waals surface area contributed by atoms with Crippen LogP contribution in [0.15, 0.2) is 5.38 Å². The fourth-order valence-electron chi connectivity index (χ4n) is 1.84. The highest BCUT2D eigenvalue weighted by atomic mass is 32.1. The van der Waals surface area contributed by atoms with Crippen LogP contribution in [0.4, 0.5) is 5.13 Å². The molecule has 0 fully saturated rings. The van der Waals surface area contributed by atoms with Gasteiger partial charge in [-0.2, -0.15) is 0 Å². The third kappa shape index (κ3) is 5.75. The lowest BCUT2D eigenvalue weighted by Crippen LogP contribution is -2.38. The van der Waals surface area contributed by atoms with Crippen molar-refractivity contribution in [3.05, 3.63) is 11.1 Å². The molecule has 1 N–H and O–H groups in total. The van der Waals surface area contributed by atoms with Gasteiger partial charge in [-0.05, 0) is 6.92 Å². The molecule has 1 rings (SSSR count). The van der Waals surface area contributed by atoms with Gasteiger partial charge in [0.2, 0.25) is 0 Å². The first-order valence-corrected chi connectivity index (χ1v) is 7.88. The Morgan fingerprint density at radius 2 is 2.05 bits per heavy atom. The molecule has 0 bridgehead atoms. The standard InChI is InChI=1S/C14H27N3O2S/c1-11(2)15-8-13-10-20-14(16-13)17(6-7-18-4)12(3)9-19-5/h10-12,15H,6-9H2,1-5H3. The summed E-state index contributed by atoms with van der Waals surface area (Å²) < 4.78 is 10.4. The molecule has 1 aromatic rings. The van der Waals surface area contributed by atoms with Gasteiger partial charge in [0.05, 0.1) is 24.9 Å². The summed E-state index contributed by atoms with van der Waals surface area (Å²) in [5.41, 5.74) is 1.09. The van der Waals surface area contributed by atoms with Gasteiger partial charge in [0, 0.05) is 38.7 Å². The maximum absolute atomic E-state index is 5.25. The summed E-state index contributed by atoms with van der Waals surface area (Å²) in [6.07, 6.45) is 0. The molecule has 0 aliphatic rings. The van der Waals surface area contributed by atoms with Crippen molar-refractivity contribution in [2.45, 2.75) is 39.4 Å². The Morgan fingerprint density at radius 3 is 2.65 bits per heavy atom. The van der Waals surface area contributed by atoms with Crippen LogP contribution in [0.3, 0.4) is 0 Å². The summed E-state index contributed by atoms with van der Waals surface area (Å²) in [5, 5.41) is 6.54. The van der Waals surface area contributed by atoms with E-state index in [0.29, 0.717) is 19.3 Å². The summed E-state index contributed by atoms with van der Waals surface area (Å²) in [6, 6.07) is 0.754. The van der Waals surface area contributed by atoms with E-state index in [4.69, 9.17) is 14.5 Å². The van der Waals surface area contributed by atoms with E-state index in [9.17, 15) is 0 Å². The van der Waals surface area contributed by atoms with Crippen LogP contribution >= 0.6 is 11.3 Å². The van der Waals surface area contributed by atoms with Crippen molar-refractivity contribution in [2.75, 3.05) is 38.9 Å². The Balaban J connectivity index is 2.69. The Hall–Kier alpha value is -0.690. The molecular weight excluding hydrogens is 274 g/mol. The van der Waals surface area contributed by atoms with E-state index in [1.54, 1.807) is 25.6 Å². The molecular formula is C14H27N3O2S. The zero-order valence-electron chi connectivity index (χ0n) is 13.2. The van der Waals surface area contributed by atoms with Crippen LogP contribution in [0.1, 0.15) is 26.5 Å². The number of hydrogen-bond acceptors (Lipinski definition) is 6. The van der Waals surface area contributed by atoms with Gasteiger partial charge in [-0.15, -0.1) is 11.3 Å². The van der Waals surface area contributed by atoms with E-state index in [-0.39, 0.29) is 6.04 Å². The molecule has 1 aromatic heterocycles. The van der Waals surface area contributed by atoms with Crippen molar-refractivity contribution >= 4 is 16.5 Å².